The maximum absolute atomic E-state index is 12.4. The SMILES string of the molecule is O=S(=O)(Nc1ccccc1CBr)N1CCCCCC1. The fourth-order valence-corrected chi connectivity index (χ4v) is 4.06. The number of nitrogens with one attached hydrogen (secondary N) is 1. The van der Waals surface area contributed by atoms with Gasteiger partial charge in [-0.25, -0.2) is 0 Å². The van der Waals surface area contributed by atoms with Crippen LogP contribution in [0.2, 0.25) is 0 Å². The molecule has 106 valence electrons. The zero-order valence-electron chi connectivity index (χ0n) is 10.8. The highest BCUT2D eigenvalue weighted by Crippen LogP contribution is 2.21. The van der Waals surface area contributed by atoms with E-state index in [1.165, 1.54) is 0 Å². The Hall–Kier alpha value is -0.590. The summed E-state index contributed by atoms with van der Waals surface area (Å²) in [5, 5.41) is 0.631. The number of rotatable bonds is 4. The molecule has 1 aromatic rings. The monoisotopic (exact) mass is 346 g/mol. The van der Waals surface area contributed by atoms with Crippen LogP contribution in [0.15, 0.2) is 24.3 Å². The first-order valence-electron chi connectivity index (χ1n) is 6.55. The predicted molar refractivity (Wildman–Crippen MR) is 81.7 cm³/mol. The number of benzene rings is 1. The van der Waals surface area contributed by atoms with E-state index in [2.05, 4.69) is 20.7 Å². The van der Waals surface area contributed by atoms with Crippen molar-refractivity contribution >= 4 is 31.8 Å². The normalized spacial score (nSPS) is 17.9. The first kappa shape index (κ1) is 14.8. The molecule has 0 aromatic heterocycles. The fourth-order valence-electron chi connectivity index (χ4n) is 2.22. The second kappa shape index (κ2) is 6.72. The highest BCUT2D eigenvalue weighted by Gasteiger charge is 2.23. The van der Waals surface area contributed by atoms with Gasteiger partial charge in [0.1, 0.15) is 0 Å². The van der Waals surface area contributed by atoms with Crippen molar-refractivity contribution in [1.82, 2.24) is 4.31 Å². The van der Waals surface area contributed by atoms with Crippen LogP contribution in [0, 0.1) is 0 Å². The Labute approximate surface area is 123 Å². The first-order valence-corrected chi connectivity index (χ1v) is 9.11. The second-order valence-corrected chi connectivity index (χ2v) is 6.94. The Morgan fingerprint density at radius 2 is 1.74 bits per heavy atom. The van der Waals surface area contributed by atoms with Crippen molar-refractivity contribution < 1.29 is 8.42 Å². The topological polar surface area (TPSA) is 49.4 Å². The van der Waals surface area contributed by atoms with Gasteiger partial charge < -0.3 is 0 Å². The molecule has 0 aliphatic carbocycles. The minimum absolute atomic E-state index is 0.617. The van der Waals surface area contributed by atoms with Gasteiger partial charge in [-0.2, -0.15) is 12.7 Å². The summed E-state index contributed by atoms with van der Waals surface area (Å²) in [5.74, 6) is 0. The van der Waals surface area contributed by atoms with Gasteiger partial charge in [0, 0.05) is 18.4 Å². The summed E-state index contributed by atoms with van der Waals surface area (Å²) < 4.78 is 29.0. The van der Waals surface area contributed by atoms with Crippen molar-refractivity contribution in [1.29, 1.82) is 0 Å². The summed E-state index contributed by atoms with van der Waals surface area (Å²) >= 11 is 3.38. The number of nitrogens with zero attached hydrogens (tertiary/aromatic N) is 1. The molecule has 1 saturated heterocycles. The molecule has 0 bridgehead atoms. The molecule has 0 unspecified atom stereocenters. The second-order valence-electron chi connectivity index (χ2n) is 4.71. The van der Waals surface area contributed by atoms with E-state index in [1.807, 2.05) is 18.2 Å². The minimum atomic E-state index is -3.43. The minimum Gasteiger partial charge on any atom is -0.271 e. The number of hydrogen-bond donors (Lipinski definition) is 1. The smallest absolute Gasteiger partial charge is 0.271 e. The Morgan fingerprint density at radius 3 is 2.37 bits per heavy atom. The van der Waals surface area contributed by atoms with Crippen LogP contribution in [-0.4, -0.2) is 25.8 Å². The van der Waals surface area contributed by atoms with Crippen molar-refractivity contribution in [3.05, 3.63) is 29.8 Å². The summed E-state index contributed by atoms with van der Waals surface area (Å²) in [6, 6.07) is 7.45. The largest absolute Gasteiger partial charge is 0.301 e. The number of anilines is 1. The predicted octanol–water partition coefficient (Wildman–Crippen LogP) is 3.11. The van der Waals surface area contributed by atoms with Gasteiger partial charge in [0.2, 0.25) is 0 Å². The number of alkyl halides is 1. The molecule has 6 heteroatoms. The van der Waals surface area contributed by atoms with Crippen molar-refractivity contribution in [2.24, 2.45) is 0 Å². The van der Waals surface area contributed by atoms with Crippen LogP contribution in [0.3, 0.4) is 0 Å². The molecule has 1 aliphatic rings. The van der Waals surface area contributed by atoms with E-state index in [0.29, 0.717) is 24.1 Å². The summed E-state index contributed by atoms with van der Waals surface area (Å²) in [4.78, 5) is 0. The third-order valence-corrected chi connectivity index (χ3v) is 5.43. The van der Waals surface area contributed by atoms with Gasteiger partial charge >= 0.3 is 10.2 Å². The number of halogens is 1. The molecule has 0 amide bonds. The zero-order chi connectivity index (χ0) is 13.7. The Kier molecular flexibility index (Phi) is 5.24. The van der Waals surface area contributed by atoms with Crippen LogP contribution in [0.4, 0.5) is 5.69 Å². The number of hydrogen-bond acceptors (Lipinski definition) is 2. The third kappa shape index (κ3) is 3.94. The lowest BCUT2D eigenvalue weighted by Gasteiger charge is -2.21. The van der Waals surface area contributed by atoms with Gasteiger partial charge in [0.15, 0.2) is 0 Å². The maximum Gasteiger partial charge on any atom is 0.301 e. The molecule has 0 atom stereocenters. The molecule has 1 N–H and O–H groups in total. The Morgan fingerprint density at radius 1 is 1.11 bits per heavy atom. The van der Waals surface area contributed by atoms with Crippen LogP contribution in [0.25, 0.3) is 0 Å². The zero-order valence-corrected chi connectivity index (χ0v) is 13.2. The first-order chi connectivity index (χ1) is 9.13. The van der Waals surface area contributed by atoms with Crippen LogP contribution in [0.1, 0.15) is 31.2 Å². The Bertz CT molecular complexity index is 511. The van der Waals surface area contributed by atoms with Gasteiger partial charge in [0.05, 0.1) is 5.69 Å². The maximum atomic E-state index is 12.4. The van der Waals surface area contributed by atoms with Crippen molar-refractivity contribution in [3.63, 3.8) is 0 Å². The van der Waals surface area contributed by atoms with Crippen LogP contribution < -0.4 is 4.72 Å². The third-order valence-electron chi connectivity index (χ3n) is 3.31. The summed E-state index contributed by atoms with van der Waals surface area (Å²) in [5.41, 5.74) is 1.60. The highest BCUT2D eigenvalue weighted by atomic mass is 79.9. The van der Waals surface area contributed by atoms with Crippen molar-refractivity contribution in [3.8, 4) is 0 Å². The average Bonchev–Trinajstić information content (AvgIpc) is 2.68. The quantitative estimate of drug-likeness (QED) is 0.851. The molecule has 1 heterocycles. The molecule has 1 aliphatic heterocycles. The molecule has 19 heavy (non-hydrogen) atoms. The van der Waals surface area contributed by atoms with Gasteiger partial charge in [-0.3, -0.25) is 4.72 Å². The summed E-state index contributed by atoms with van der Waals surface area (Å²) in [7, 11) is -3.43. The Balaban J connectivity index is 2.15. The fraction of sp³-hybridized carbons (Fsp3) is 0.538. The van der Waals surface area contributed by atoms with E-state index in [0.717, 1.165) is 31.2 Å². The highest BCUT2D eigenvalue weighted by molar-refractivity contribution is 9.08. The lowest BCUT2D eigenvalue weighted by atomic mass is 10.2. The van der Waals surface area contributed by atoms with E-state index < -0.39 is 10.2 Å². The van der Waals surface area contributed by atoms with E-state index in [1.54, 1.807) is 10.4 Å². The van der Waals surface area contributed by atoms with E-state index in [9.17, 15) is 8.42 Å². The van der Waals surface area contributed by atoms with Gasteiger partial charge in [-0.15, -0.1) is 0 Å². The lowest BCUT2D eigenvalue weighted by molar-refractivity contribution is 0.427. The molecule has 4 nitrogen and oxygen atoms in total. The van der Waals surface area contributed by atoms with E-state index >= 15 is 0 Å². The van der Waals surface area contributed by atoms with Crippen LogP contribution >= 0.6 is 15.9 Å². The summed E-state index contributed by atoms with van der Waals surface area (Å²) in [6.45, 7) is 1.23. The molecular formula is C13H19BrN2O2S. The molecule has 0 saturated carbocycles. The average molecular weight is 347 g/mol. The van der Waals surface area contributed by atoms with Crippen molar-refractivity contribution in [2.75, 3.05) is 17.8 Å². The van der Waals surface area contributed by atoms with Crippen LogP contribution in [0.5, 0.6) is 0 Å². The molecular weight excluding hydrogens is 328 g/mol. The number of para-hydroxylation sites is 1. The van der Waals surface area contributed by atoms with Gasteiger partial charge in [0.25, 0.3) is 0 Å². The van der Waals surface area contributed by atoms with Crippen LogP contribution in [-0.2, 0) is 15.5 Å². The standard InChI is InChI=1S/C13H19BrN2O2S/c14-11-12-7-3-4-8-13(12)15-19(17,18)16-9-5-1-2-6-10-16/h3-4,7-8,15H,1-2,5-6,9-11H2. The summed E-state index contributed by atoms with van der Waals surface area (Å²) in [6.07, 6.45) is 4.12. The van der Waals surface area contributed by atoms with E-state index in [4.69, 9.17) is 0 Å². The van der Waals surface area contributed by atoms with Gasteiger partial charge in [-0.05, 0) is 24.5 Å². The molecule has 0 spiro atoms. The van der Waals surface area contributed by atoms with Crippen molar-refractivity contribution in [2.45, 2.75) is 31.0 Å². The molecule has 2 rings (SSSR count). The lowest BCUT2D eigenvalue weighted by Crippen LogP contribution is -2.36. The molecule has 1 fully saturated rings. The molecule has 1 aromatic carbocycles. The van der Waals surface area contributed by atoms with E-state index in [-0.39, 0.29) is 0 Å². The molecule has 0 radical (unpaired) electrons. The van der Waals surface area contributed by atoms with Gasteiger partial charge in [-0.1, -0.05) is 47.0 Å².